The fraction of sp³-hybridized carbons (Fsp3) is 0.200. The van der Waals surface area contributed by atoms with Gasteiger partial charge in [-0.05, 0) is 54.5 Å². The maximum absolute atomic E-state index is 13.2. The number of likely N-dealkylation sites (N-methyl/N-ethyl adjacent to an activating group) is 1. The summed E-state index contributed by atoms with van der Waals surface area (Å²) in [5, 5.41) is 8.85. The van der Waals surface area contributed by atoms with E-state index in [2.05, 4.69) is 13.2 Å². The number of carbonyl (C=O) groups is 2. The predicted octanol–water partition coefficient (Wildman–Crippen LogP) is 5.73. The number of aliphatic carboxylic acids is 1. The quantitative estimate of drug-likeness (QED) is 0.382. The van der Waals surface area contributed by atoms with Crippen molar-refractivity contribution in [2.45, 2.75) is 19.6 Å². The molecule has 1 N–H and O–H groups in total. The average Bonchev–Trinajstić information content (AvgIpc) is 2.75. The van der Waals surface area contributed by atoms with E-state index < -0.39 is 24.3 Å². The van der Waals surface area contributed by atoms with Crippen LogP contribution < -0.4 is 4.74 Å². The first kappa shape index (κ1) is 27.2. The van der Waals surface area contributed by atoms with E-state index in [4.69, 9.17) is 14.6 Å². The van der Waals surface area contributed by atoms with Crippen molar-refractivity contribution in [2.75, 3.05) is 13.7 Å². The Kier molecular flexibility index (Phi) is 10.6. The van der Waals surface area contributed by atoms with E-state index in [0.717, 1.165) is 35.7 Å². The maximum Gasteiger partial charge on any atom is 0.416 e. The van der Waals surface area contributed by atoms with Crippen molar-refractivity contribution in [3.8, 4) is 16.9 Å². The fourth-order valence-electron chi connectivity index (χ4n) is 2.87. The molecule has 0 unspecified atom stereocenters. The number of aldehydes is 1. The molecular weight excluding hydrogens is 435 g/mol. The Labute approximate surface area is 191 Å². The largest absolute Gasteiger partial charge is 0.481 e. The molecule has 0 aliphatic rings. The minimum atomic E-state index is -4.54. The Hall–Kier alpha value is -3.81. The van der Waals surface area contributed by atoms with E-state index in [-0.39, 0.29) is 11.3 Å². The predicted molar refractivity (Wildman–Crippen MR) is 122 cm³/mol. The number of carbonyl (C=O) groups excluding carboxylic acids is 1. The third-order valence-electron chi connectivity index (χ3n) is 4.25. The number of nitrogens with zero attached hydrogens (tertiary/aromatic N) is 1. The lowest BCUT2D eigenvalue weighted by molar-refractivity contribution is -0.140. The standard InChI is InChI=1S/C23H22F3NO3.C2H4O/c1-4-7-19(5-2)27(3)14-16-8-6-9-17(12-16)20-13-18(23(24,25)26)10-11-21(20)30-15-22(28)29;1-2-3/h4-13H,1-2,14-15H2,3H3,(H,28,29);2H,1H3/b19-7+;. The van der Waals surface area contributed by atoms with Gasteiger partial charge >= 0.3 is 12.1 Å². The number of hydrogen-bond donors (Lipinski definition) is 1. The van der Waals surface area contributed by atoms with Gasteiger partial charge in [0.05, 0.1) is 5.56 Å². The van der Waals surface area contributed by atoms with Crippen LogP contribution in [0.15, 0.2) is 79.5 Å². The molecule has 0 aliphatic carbocycles. The number of allylic oxidation sites excluding steroid dienone is 3. The van der Waals surface area contributed by atoms with E-state index in [1.807, 2.05) is 18.0 Å². The van der Waals surface area contributed by atoms with Crippen LogP contribution >= 0.6 is 0 Å². The fourth-order valence-corrected chi connectivity index (χ4v) is 2.87. The number of carboxylic acid groups (broad SMARTS) is 1. The lowest BCUT2D eigenvalue weighted by Crippen LogP contribution is -2.15. The number of halogens is 3. The first-order valence-electron chi connectivity index (χ1n) is 9.78. The Bertz CT molecular complexity index is 1010. The van der Waals surface area contributed by atoms with Gasteiger partial charge in [-0.3, -0.25) is 0 Å². The summed E-state index contributed by atoms with van der Waals surface area (Å²) in [7, 11) is 1.86. The molecular formula is C25H26F3NO4. The summed E-state index contributed by atoms with van der Waals surface area (Å²) in [5.74, 6) is -1.16. The summed E-state index contributed by atoms with van der Waals surface area (Å²) in [6, 6.07) is 9.95. The molecule has 0 saturated carbocycles. The lowest BCUT2D eigenvalue weighted by Gasteiger charge is -2.21. The van der Waals surface area contributed by atoms with Crippen LogP contribution in [0.3, 0.4) is 0 Å². The van der Waals surface area contributed by atoms with Crippen molar-refractivity contribution >= 4 is 12.3 Å². The second kappa shape index (κ2) is 12.9. The van der Waals surface area contributed by atoms with Gasteiger partial charge in [0.25, 0.3) is 0 Å². The Morgan fingerprint density at radius 1 is 1.18 bits per heavy atom. The zero-order valence-electron chi connectivity index (χ0n) is 18.4. The molecule has 33 heavy (non-hydrogen) atoms. The minimum Gasteiger partial charge on any atom is -0.481 e. The molecule has 0 heterocycles. The molecule has 0 aromatic heterocycles. The van der Waals surface area contributed by atoms with Crippen LogP contribution in [0.1, 0.15) is 18.1 Å². The summed E-state index contributed by atoms with van der Waals surface area (Å²) in [6.07, 6.45) is 1.32. The molecule has 0 bridgehead atoms. The average molecular weight is 461 g/mol. The molecule has 2 aromatic rings. The molecule has 0 saturated heterocycles. The van der Waals surface area contributed by atoms with Gasteiger partial charge in [-0.1, -0.05) is 37.4 Å². The van der Waals surface area contributed by atoms with Gasteiger partial charge in [-0.25, -0.2) is 4.79 Å². The van der Waals surface area contributed by atoms with Crippen LogP contribution in [0.4, 0.5) is 13.2 Å². The normalized spacial score (nSPS) is 11.0. The zero-order valence-corrected chi connectivity index (χ0v) is 18.4. The van der Waals surface area contributed by atoms with Gasteiger partial charge in [-0.2, -0.15) is 13.2 Å². The van der Waals surface area contributed by atoms with Crippen LogP contribution in [0.5, 0.6) is 5.75 Å². The molecule has 0 spiro atoms. The van der Waals surface area contributed by atoms with Crippen LogP contribution in [0.25, 0.3) is 11.1 Å². The van der Waals surface area contributed by atoms with Gasteiger partial charge in [-0.15, -0.1) is 0 Å². The highest BCUT2D eigenvalue weighted by Gasteiger charge is 2.31. The molecule has 0 aliphatic heterocycles. The summed E-state index contributed by atoms with van der Waals surface area (Å²) in [4.78, 5) is 21.6. The molecule has 2 rings (SSSR count). The number of alkyl halides is 3. The Morgan fingerprint density at radius 3 is 2.39 bits per heavy atom. The van der Waals surface area contributed by atoms with Crippen molar-refractivity contribution in [1.82, 2.24) is 4.90 Å². The molecule has 8 heteroatoms. The maximum atomic E-state index is 13.2. The Balaban J connectivity index is 0.00000172. The minimum absolute atomic E-state index is 0.0641. The third kappa shape index (κ3) is 8.68. The zero-order chi connectivity index (χ0) is 25.0. The monoisotopic (exact) mass is 461 g/mol. The second-order valence-electron chi connectivity index (χ2n) is 6.71. The van der Waals surface area contributed by atoms with Gasteiger partial charge in [0.1, 0.15) is 12.0 Å². The highest BCUT2D eigenvalue weighted by atomic mass is 19.4. The van der Waals surface area contributed by atoms with Crippen molar-refractivity contribution in [2.24, 2.45) is 0 Å². The topological polar surface area (TPSA) is 66.8 Å². The van der Waals surface area contributed by atoms with Crippen LogP contribution in [0.2, 0.25) is 0 Å². The van der Waals surface area contributed by atoms with Crippen molar-refractivity contribution in [3.05, 3.63) is 90.7 Å². The van der Waals surface area contributed by atoms with E-state index in [1.54, 1.807) is 36.4 Å². The number of ether oxygens (including phenoxy) is 1. The first-order chi connectivity index (χ1) is 15.6. The highest BCUT2D eigenvalue weighted by Crippen LogP contribution is 2.37. The van der Waals surface area contributed by atoms with E-state index in [9.17, 15) is 18.0 Å². The van der Waals surface area contributed by atoms with Gasteiger partial charge in [0, 0.05) is 24.9 Å². The molecule has 0 atom stereocenters. The first-order valence-corrected chi connectivity index (χ1v) is 9.78. The molecule has 0 fully saturated rings. The third-order valence-corrected chi connectivity index (χ3v) is 4.25. The highest BCUT2D eigenvalue weighted by molar-refractivity contribution is 5.73. The lowest BCUT2D eigenvalue weighted by atomic mass is 9.99. The Morgan fingerprint density at radius 2 is 1.85 bits per heavy atom. The van der Waals surface area contributed by atoms with Crippen molar-refractivity contribution in [3.63, 3.8) is 0 Å². The van der Waals surface area contributed by atoms with Crippen LogP contribution in [0, 0.1) is 0 Å². The van der Waals surface area contributed by atoms with Crippen LogP contribution in [-0.4, -0.2) is 35.9 Å². The van der Waals surface area contributed by atoms with E-state index in [0.29, 0.717) is 12.1 Å². The summed E-state index contributed by atoms with van der Waals surface area (Å²) < 4.78 is 44.9. The van der Waals surface area contributed by atoms with Crippen LogP contribution in [-0.2, 0) is 22.3 Å². The smallest absolute Gasteiger partial charge is 0.416 e. The summed E-state index contributed by atoms with van der Waals surface area (Å²) >= 11 is 0. The summed E-state index contributed by atoms with van der Waals surface area (Å²) in [5.41, 5.74) is 1.49. The van der Waals surface area contributed by atoms with Gasteiger partial charge < -0.3 is 19.5 Å². The molecule has 2 aromatic carbocycles. The van der Waals surface area contributed by atoms with E-state index in [1.165, 1.54) is 6.92 Å². The van der Waals surface area contributed by atoms with Crippen molar-refractivity contribution in [1.29, 1.82) is 0 Å². The second-order valence-corrected chi connectivity index (χ2v) is 6.71. The SMILES string of the molecule is C=C/C=C(\C=C)N(C)Cc1cccc(-c2cc(C(F)(F)F)ccc2OCC(=O)O)c1.CC=O. The van der Waals surface area contributed by atoms with E-state index >= 15 is 0 Å². The molecule has 0 radical (unpaired) electrons. The molecule has 5 nitrogen and oxygen atoms in total. The molecule has 176 valence electrons. The molecule has 0 amide bonds. The number of rotatable bonds is 9. The van der Waals surface area contributed by atoms with Gasteiger partial charge in [0.15, 0.2) is 6.61 Å². The number of benzene rings is 2. The number of carboxylic acids is 1. The summed E-state index contributed by atoms with van der Waals surface area (Å²) in [6.45, 7) is 8.68. The van der Waals surface area contributed by atoms with Gasteiger partial charge in [0.2, 0.25) is 0 Å². The number of hydrogen-bond acceptors (Lipinski definition) is 4. The van der Waals surface area contributed by atoms with Crippen molar-refractivity contribution < 1.29 is 32.6 Å².